The molecule has 0 saturated carbocycles. The van der Waals surface area contributed by atoms with E-state index in [0.29, 0.717) is 22.6 Å². The van der Waals surface area contributed by atoms with E-state index in [1.807, 2.05) is 4.90 Å². The number of para-hydroxylation sites is 1. The Labute approximate surface area is 241 Å². The van der Waals surface area contributed by atoms with Gasteiger partial charge in [-0.05, 0) is 25.1 Å². The van der Waals surface area contributed by atoms with Crippen molar-refractivity contribution in [3.05, 3.63) is 47.4 Å². The molecule has 0 aliphatic carbocycles. The van der Waals surface area contributed by atoms with Gasteiger partial charge in [-0.3, -0.25) is 0 Å². The third kappa shape index (κ3) is 4.99. The molecule has 2 fully saturated rings. The normalized spacial score (nSPS) is 23.0. The van der Waals surface area contributed by atoms with E-state index in [-0.39, 0.29) is 54.5 Å². The summed E-state index contributed by atoms with van der Waals surface area (Å²) in [5.41, 5.74) is -0.473. The molecule has 2 saturated heterocycles. The number of benzene rings is 1. The number of morpholine rings is 1. The van der Waals surface area contributed by atoms with Crippen LogP contribution in [0.15, 0.2) is 40.9 Å². The van der Waals surface area contributed by atoms with Crippen molar-refractivity contribution in [1.82, 2.24) is 15.0 Å². The Hall–Kier alpha value is -4.35. The summed E-state index contributed by atoms with van der Waals surface area (Å²) in [5.74, 6) is -2.87. The quantitative estimate of drug-likeness (QED) is 0.341. The Kier molecular flexibility index (Phi) is 6.74. The van der Waals surface area contributed by atoms with Crippen molar-refractivity contribution in [3.8, 4) is 11.9 Å². The number of nitriles is 1. The number of carboxylic acids is 1. The summed E-state index contributed by atoms with van der Waals surface area (Å²) in [6, 6.07) is 8.91. The first-order chi connectivity index (χ1) is 20.0. The molecule has 42 heavy (non-hydrogen) atoms. The predicted molar refractivity (Wildman–Crippen MR) is 144 cm³/mol. The van der Waals surface area contributed by atoms with Crippen LogP contribution in [0.2, 0.25) is 5.02 Å². The monoisotopic (exact) mass is 602 g/mol. The molecule has 4 aromatic rings. The summed E-state index contributed by atoms with van der Waals surface area (Å²) in [6.45, 7) is 2.38. The summed E-state index contributed by atoms with van der Waals surface area (Å²) in [6.07, 6.45) is -4.44. The van der Waals surface area contributed by atoms with E-state index >= 15 is 0 Å². The molecule has 1 aromatic carbocycles. The number of hydrogen-bond acceptors (Lipinski definition) is 10. The van der Waals surface area contributed by atoms with Gasteiger partial charge in [0.05, 0.1) is 30.8 Å². The summed E-state index contributed by atoms with van der Waals surface area (Å²) in [7, 11) is 0. The van der Waals surface area contributed by atoms with Crippen LogP contribution in [-0.4, -0.2) is 70.0 Å². The Morgan fingerprint density at radius 2 is 2.10 bits per heavy atom. The maximum Gasteiger partial charge on any atom is 0.451 e. The van der Waals surface area contributed by atoms with Crippen molar-refractivity contribution in [2.24, 2.45) is 0 Å². The van der Waals surface area contributed by atoms with E-state index in [1.54, 1.807) is 37.3 Å². The molecule has 218 valence electrons. The number of aromatic nitrogens is 3. The average molecular weight is 603 g/mol. The van der Waals surface area contributed by atoms with E-state index in [2.05, 4.69) is 21.0 Å². The zero-order valence-electron chi connectivity index (χ0n) is 21.9. The highest BCUT2D eigenvalue weighted by molar-refractivity contribution is 6.30. The predicted octanol–water partition coefficient (Wildman–Crippen LogP) is 4.67. The van der Waals surface area contributed by atoms with Crippen molar-refractivity contribution in [3.63, 3.8) is 0 Å². The fraction of sp³-hybridized carbons (Fsp3) is 0.370. The van der Waals surface area contributed by atoms with Crippen molar-refractivity contribution in [1.29, 1.82) is 5.26 Å². The van der Waals surface area contributed by atoms with Gasteiger partial charge in [0, 0.05) is 24.5 Å². The van der Waals surface area contributed by atoms with Crippen LogP contribution in [0.25, 0.3) is 22.1 Å². The van der Waals surface area contributed by atoms with Crippen LogP contribution in [-0.2, 0) is 15.7 Å². The Morgan fingerprint density at radius 1 is 1.31 bits per heavy atom. The number of pyridine rings is 1. The first-order valence-electron chi connectivity index (χ1n) is 12.8. The second kappa shape index (κ2) is 10.2. The van der Waals surface area contributed by atoms with Gasteiger partial charge in [-0.25, -0.2) is 19.7 Å². The number of furan rings is 1. The zero-order chi connectivity index (χ0) is 29.8. The fourth-order valence-corrected chi connectivity index (χ4v) is 5.44. The largest absolute Gasteiger partial charge is 0.480 e. The lowest BCUT2D eigenvalue weighted by Gasteiger charge is -2.37. The number of aliphatic carboxylic acids is 1. The van der Waals surface area contributed by atoms with Crippen LogP contribution < -0.4 is 14.5 Å². The molecule has 5 heterocycles. The van der Waals surface area contributed by atoms with Gasteiger partial charge in [0.15, 0.2) is 17.0 Å². The van der Waals surface area contributed by atoms with Gasteiger partial charge < -0.3 is 28.8 Å². The first kappa shape index (κ1) is 27.8. The average Bonchev–Trinajstić information content (AvgIpc) is 3.55. The molecule has 15 heteroatoms. The van der Waals surface area contributed by atoms with Gasteiger partial charge in [-0.15, -0.1) is 0 Å². The maximum absolute atomic E-state index is 13.9. The van der Waals surface area contributed by atoms with Gasteiger partial charge in [-0.2, -0.15) is 18.4 Å². The van der Waals surface area contributed by atoms with Gasteiger partial charge in [0.25, 0.3) is 0 Å². The molecule has 0 radical (unpaired) electrons. The minimum Gasteiger partial charge on any atom is -0.480 e. The van der Waals surface area contributed by atoms with Gasteiger partial charge in [0.1, 0.15) is 28.9 Å². The van der Waals surface area contributed by atoms with Crippen molar-refractivity contribution < 1.29 is 37.0 Å². The molecule has 11 nitrogen and oxygen atoms in total. The fourth-order valence-electron chi connectivity index (χ4n) is 5.28. The van der Waals surface area contributed by atoms with Crippen LogP contribution in [0.1, 0.15) is 19.2 Å². The number of fused-ring (bicyclic) bond motifs is 3. The summed E-state index contributed by atoms with van der Waals surface area (Å²) < 4.78 is 59.2. The molecule has 1 N–H and O–H groups in total. The van der Waals surface area contributed by atoms with E-state index < -0.39 is 35.7 Å². The summed E-state index contributed by atoms with van der Waals surface area (Å²) >= 11 is 6.22. The highest BCUT2D eigenvalue weighted by atomic mass is 35.5. The Balaban J connectivity index is 1.38. The zero-order valence-corrected chi connectivity index (χ0v) is 22.7. The third-order valence-corrected chi connectivity index (χ3v) is 7.41. The number of anilines is 2. The number of ether oxygens (including phenoxy) is 2. The molecular formula is C27H22ClF3N6O5. The van der Waals surface area contributed by atoms with Crippen molar-refractivity contribution >= 4 is 51.1 Å². The first-order valence-corrected chi connectivity index (χ1v) is 13.2. The number of alkyl halides is 3. The number of nitrogens with zero attached hydrogens (tertiary/aromatic N) is 6. The van der Waals surface area contributed by atoms with Crippen LogP contribution in [0, 0.1) is 11.3 Å². The van der Waals surface area contributed by atoms with E-state index in [0.717, 1.165) is 0 Å². The Bertz CT molecular complexity index is 1740. The van der Waals surface area contributed by atoms with Crippen LogP contribution in [0.3, 0.4) is 0 Å². The highest BCUT2D eigenvalue weighted by Gasteiger charge is 2.44. The number of halogens is 4. The minimum atomic E-state index is -4.89. The maximum atomic E-state index is 13.9. The summed E-state index contributed by atoms with van der Waals surface area (Å²) in [5, 5.41) is 20.3. The molecule has 2 aliphatic rings. The molecular weight excluding hydrogens is 581 g/mol. The number of carboxylic acid groups (broad SMARTS) is 1. The third-order valence-electron chi connectivity index (χ3n) is 7.20. The molecule has 0 bridgehead atoms. The van der Waals surface area contributed by atoms with E-state index in [1.165, 1.54) is 11.1 Å². The van der Waals surface area contributed by atoms with Gasteiger partial charge >= 0.3 is 12.1 Å². The SMILES string of the molecule is CC1(C#N)CN(c2cc(Cl)cnc2O[C@H]2C[C@@H](C(=O)O)N(c3nc(C(F)(F)F)nc4c3oc3ccccc34)C2)CCO1. The number of rotatable bonds is 5. The number of carbonyl (C=O) groups is 1. The standard InChI is InChI=1S/C27H22ClF3N6O5/c1-26(12-32)13-36(6-7-40-26)17-8-14(28)10-33-23(17)41-15-9-18(24(38)39)37(11-15)22-21-20(34-25(35-22)27(29,30)31)16-4-2-3-5-19(16)42-21/h2-5,8,10,15,18H,6-7,9,11,13H2,1H3,(H,38,39)/t15-,18-,26?/m0/s1. The topological polar surface area (TPSA) is 138 Å². The van der Waals surface area contributed by atoms with Crippen LogP contribution in [0.4, 0.5) is 24.7 Å². The number of hydrogen-bond donors (Lipinski definition) is 1. The van der Waals surface area contributed by atoms with Gasteiger partial charge in [-0.1, -0.05) is 23.7 Å². The van der Waals surface area contributed by atoms with Gasteiger partial charge in [0.2, 0.25) is 11.7 Å². The smallest absolute Gasteiger partial charge is 0.451 e. The molecule has 3 atom stereocenters. The Morgan fingerprint density at radius 3 is 2.83 bits per heavy atom. The second-order valence-electron chi connectivity index (χ2n) is 10.2. The lowest BCUT2D eigenvalue weighted by molar-refractivity contribution is -0.144. The molecule has 3 aromatic heterocycles. The van der Waals surface area contributed by atoms with Crippen molar-refractivity contribution in [2.45, 2.75) is 37.3 Å². The van der Waals surface area contributed by atoms with Crippen molar-refractivity contribution in [2.75, 3.05) is 36.0 Å². The highest BCUT2D eigenvalue weighted by Crippen LogP contribution is 2.40. The molecule has 0 spiro atoms. The minimum absolute atomic E-state index is 0.0643. The lowest BCUT2D eigenvalue weighted by atomic mass is 10.1. The second-order valence-corrected chi connectivity index (χ2v) is 10.7. The molecule has 6 rings (SSSR count). The van der Waals surface area contributed by atoms with Crippen LogP contribution >= 0.6 is 11.6 Å². The van der Waals surface area contributed by atoms with E-state index in [4.69, 9.17) is 25.5 Å². The molecule has 1 unspecified atom stereocenters. The molecule has 0 amide bonds. The summed E-state index contributed by atoms with van der Waals surface area (Å²) in [4.78, 5) is 27.2. The van der Waals surface area contributed by atoms with Crippen LogP contribution in [0.5, 0.6) is 5.88 Å². The molecule has 2 aliphatic heterocycles. The van der Waals surface area contributed by atoms with E-state index in [9.17, 15) is 28.3 Å². The lowest BCUT2D eigenvalue weighted by Crippen LogP contribution is -2.49.